The lowest BCUT2D eigenvalue weighted by Gasteiger charge is -2.33. The van der Waals surface area contributed by atoms with Crippen LogP contribution in [0.2, 0.25) is 0 Å². The number of hydrogen-bond acceptors (Lipinski definition) is 5. The Bertz CT molecular complexity index is 1420. The molecule has 1 aliphatic rings. The van der Waals surface area contributed by atoms with Crippen molar-refractivity contribution >= 4 is 27.8 Å². The Morgan fingerprint density at radius 2 is 1.75 bits per heavy atom. The summed E-state index contributed by atoms with van der Waals surface area (Å²) in [5, 5.41) is 6.73. The van der Waals surface area contributed by atoms with Gasteiger partial charge in [0.2, 0.25) is 0 Å². The molecule has 0 radical (unpaired) electrons. The molecule has 4 aromatic heterocycles. The van der Waals surface area contributed by atoms with Crippen LogP contribution < -0.4 is 4.90 Å². The van der Waals surface area contributed by atoms with E-state index in [-0.39, 0.29) is 0 Å². The van der Waals surface area contributed by atoms with E-state index in [0.29, 0.717) is 0 Å². The van der Waals surface area contributed by atoms with Gasteiger partial charge in [0, 0.05) is 79.9 Å². The molecule has 1 saturated heterocycles. The van der Waals surface area contributed by atoms with Crippen LogP contribution >= 0.6 is 0 Å². The van der Waals surface area contributed by atoms with Crippen LogP contribution in [0.5, 0.6) is 0 Å². The van der Waals surface area contributed by atoms with Gasteiger partial charge in [0.1, 0.15) is 11.5 Å². The van der Waals surface area contributed by atoms with Crippen molar-refractivity contribution < 1.29 is 0 Å². The zero-order valence-electron chi connectivity index (χ0n) is 18.3. The number of piperazine rings is 1. The lowest BCUT2D eigenvalue weighted by molar-refractivity contribution is 0.312. The van der Waals surface area contributed by atoms with Crippen LogP contribution in [0.1, 0.15) is 0 Å². The number of aromatic nitrogens is 5. The Morgan fingerprint density at radius 3 is 2.62 bits per heavy atom. The molecule has 1 fully saturated rings. The molecule has 5 heterocycles. The van der Waals surface area contributed by atoms with E-state index in [9.17, 15) is 0 Å². The van der Waals surface area contributed by atoms with Gasteiger partial charge >= 0.3 is 0 Å². The van der Waals surface area contributed by atoms with Crippen LogP contribution in [0.25, 0.3) is 44.2 Å². The van der Waals surface area contributed by atoms with Crippen molar-refractivity contribution in [1.29, 1.82) is 0 Å². The first kappa shape index (κ1) is 19.0. The fourth-order valence-corrected chi connectivity index (χ4v) is 4.52. The molecule has 160 valence electrons. The van der Waals surface area contributed by atoms with E-state index in [1.54, 1.807) is 0 Å². The number of hydrogen-bond donors (Lipinski definition) is 1. The van der Waals surface area contributed by atoms with Crippen LogP contribution in [-0.4, -0.2) is 62.9 Å². The molecular weight excluding hydrogens is 398 g/mol. The molecule has 0 saturated carbocycles. The maximum absolute atomic E-state index is 4.71. The van der Waals surface area contributed by atoms with Crippen molar-refractivity contribution in [3.05, 3.63) is 61.2 Å². The lowest BCUT2D eigenvalue weighted by Crippen LogP contribution is -2.44. The van der Waals surface area contributed by atoms with Gasteiger partial charge in [-0.15, -0.1) is 0 Å². The third kappa shape index (κ3) is 3.31. The van der Waals surface area contributed by atoms with Crippen LogP contribution in [0.4, 0.5) is 5.82 Å². The highest BCUT2D eigenvalue weighted by molar-refractivity contribution is 5.98. The van der Waals surface area contributed by atoms with E-state index in [2.05, 4.69) is 68.3 Å². The third-order valence-electron chi connectivity index (χ3n) is 6.37. The Hall–Kier alpha value is -3.71. The van der Waals surface area contributed by atoms with Crippen molar-refractivity contribution in [2.24, 2.45) is 7.05 Å². The largest absolute Gasteiger partial charge is 0.354 e. The second-order valence-corrected chi connectivity index (χ2v) is 8.59. The minimum Gasteiger partial charge on any atom is -0.354 e. The minimum atomic E-state index is 0.892. The van der Waals surface area contributed by atoms with Gasteiger partial charge in [-0.25, -0.2) is 9.97 Å². The molecule has 0 spiro atoms. The Labute approximate surface area is 186 Å². The summed E-state index contributed by atoms with van der Waals surface area (Å²) in [7, 11) is 4.12. The average Bonchev–Trinajstić information content (AvgIpc) is 3.41. The molecule has 6 rings (SSSR count). The SMILES string of the molecule is CN1CCN(c2cc(-c3cnc4[nH]cc(-c5ccc6nn(C)cc6c5)c4c3)ccn2)CC1. The number of likely N-dealkylation sites (N-methyl/N-ethyl adjacent to an activating group) is 1. The van der Waals surface area contributed by atoms with Crippen molar-refractivity contribution in [3.8, 4) is 22.3 Å². The maximum Gasteiger partial charge on any atom is 0.137 e. The fourth-order valence-electron chi connectivity index (χ4n) is 4.52. The standard InChI is InChI=1S/C25H25N7/c1-30-7-9-32(10-8-30)24-13-17(5-6-26-24)19-12-21-22(15-28-25(21)27-14-19)18-3-4-23-20(11-18)16-31(2)29-23/h3-6,11-16H,7-10H2,1-2H3,(H,27,28). The minimum absolute atomic E-state index is 0.892. The van der Waals surface area contributed by atoms with Gasteiger partial charge in [-0.3, -0.25) is 4.68 Å². The van der Waals surface area contributed by atoms with Gasteiger partial charge in [-0.2, -0.15) is 5.10 Å². The number of pyridine rings is 2. The zero-order valence-corrected chi connectivity index (χ0v) is 18.3. The highest BCUT2D eigenvalue weighted by Gasteiger charge is 2.16. The van der Waals surface area contributed by atoms with Crippen LogP contribution in [0.15, 0.2) is 61.2 Å². The molecule has 0 bridgehead atoms. The Kier molecular flexibility index (Phi) is 4.43. The number of aromatic amines is 1. The normalized spacial score (nSPS) is 15.1. The number of rotatable bonds is 3. The first-order chi connectivity index (χ1) is 15.6. The number of nitrogens with one attached hydrogen (secondary N) is 1. The molecule has 7 heteroatoms. The highest BCUT2D eigenvalue weighted by atomic mass is 15.3. The van der Waals surface area contributed by atoms with Crippen molar-refractivity contribution in [2.75, 3.05) is 38.1 Å². The average molecular weight is 424 g/mol. The number of nitrogens with zero attached hydrogens (tertiary/aromatic N) is 6. The van der Waals surface area contributed by atoms with Crippen LogP contribution in [0.3, 0.4) is 0 Å². The van der Waals surface area contributed by atoms with Gasteiger partial charge in [0.15, 0.2) is 0 Å². The quantitative estimate of drug-likeness (QED) is 0.476. The fraction of sp³-hybridized carbons (Fsp3) is 0.240. The number of fused-ring (bicyclic) bond motifs is 2. The Balaban J connectivity index is 1.39. The van der Waals surface area contributed by atoms with E-state index < -0.39 is 0 Å². The summed E-state index contributed by atoms with van der Waals surface area (Å²) in [6, 6.07) is 12.9. The predicted molar refractivity (Wildman–Crippen MR) is 129 cm³/mol. The summed E-state index contributed by atoms with van der Waals surface area (Å²) >= 11 is 0. The number of aryl methyl sites for hydroxylation is 1. The lowest BCUT2D eigenvalue weighted by atomic mass is 10.0. The molecule has 0 aliphatic carbocycles. The first-order valence-electron chi connectivity index (χ1n) is 10.9. The van der Waals surface area contributed by atoms with Crippen molar-refractivity contribution in [2.45, 2.75) is 0 Å². The second-order valence-electron chi connectivity index (χ2n) is 8.59. The smallest absolute Gasteiger partial charge is 0.137 e. The summed E-state index contributed by atoms with van der Waals surface area (Å²) < 4.78 is 1.85. The number of benzene rings is 1. The summed E-state index contributed by atoms with van der Waals surface area (Å²) in [5.41, 5.74) is 6.43. The van der Waals surface area contributed by atoms with Gasteiger partial charge < -0.3 is 14.8 Å². The molecule has 32 heavy (non-hydrogen) atoms. The number of anilines is 1. The molecule has 0 amide bonds. The predicted octanol–water partition coefficient (Wildman–Crippen LogP) is 3.93. The van der Waals surface area contributed by atoms with Crippen molar-refractivity contribution in [3.63, 3.8) is 0 Å². The molecule has 0 unspecified atom stereocenters. The van der Waals surface area contributed by atoms with E-state index in [1.807, 2.05) is 36.5 Å². The van der Waals surface area contributed by atoms with Gasteiger partial charge in [0.25, 0.3) is 0 Å². The van der Waals surface area contributed by atoms with Gasteiger partial charge in [-0.05, 0) is 48.5 Å². The van der Waals surface area contributed by atoms with Crippen LogP contribution in [0, 0.1) is 0 Å². The van der Waals surface area contributed by atoms with Crippen LogP contribution in [-0.2, 0) is 7.05 Å². The maximum atomic E-state index is 4.71. The molecule has 1 aromatic carbocycles. The molecule has 1 aliphatic heterocycles. The second kappa shape index (κ2) is 7.46. The highest BCUT2D eigenvalue weighted by Crippen LogP contribution is 2.33. The van der Waals surface area contributed by atoms with Crippen molar-refractivity contribution in [1.82, 2.24) is 29.6 Å². The molecule has 7 nitrogen and oxygen atoms in total. The monoisotopic (exact) mass is 423 g/mol. The molecule has 5 aromatic rings. The molecule has 0 atom stereocenters. The number of H-pyrrole nitrogens is 1. The van der Waals surface area contributed by atoms with Gasteiger partial charge in [0.05, 0.1) is 5.52 Å². The zero-order chi connectivity index (χ0) is 21.7. The third-order valence-corrected chi connectivity index (χ3v) is 6.37. The summed E-state index contributed by atoms with van der Waals surface area (Å²) in [5.74, 6) is 1.03. The van der Waals surface area contributed by atoms with E-state index in [4.69, 9.17) is 4.98 Å². The van der Waals surface area contributed by atoms with Gasteiger partial charge in [-0.1, -0.05) is 6.07 Å². The summed E-state index contributed by atoms with van der Waals surface area (Å²) in [6.45, 7) is 4.13. The molecular formula is C25H25N7. The summed E-state index contributed by atoms with van der Waals surface area (Å²) in [6.07, 6.45) is 7.94. The van der Waals surface area contributed by atoms with E-state index in [1.165, 1.54) is 0 Å². The first-order valence-corrected chi connectivity index (χ1v) is 10.9. The summed E-state index contributed by atoms with van der Waals surface area (Å²) in [4.78, 5) is 17.4. The van der Waals surface area contributed by atoms with E-state index >= 15 is 0 Å². The van der Waals surface area contributed by atoms with E-state index in [0.717, 1.165) is 76.2 Å². The Morgan fingerprint density at radius 1 is 0.875 bits per heavy atom. The molecule has 1 N–H and O–H groups in total. The topological polar surface area (TPSA) is 65.9 Å².